The number of hydrogen-bond acceptors (Lipinski definition) is 3. The average molecular weight is 385 g/mol. The van der Waals surface area contributed by atoms with Crippen molar-refractivity contribution in [1.29, 1.82) is 0 Å². The SMILES string of the molecule is CCNc1nccc(C(=O)Nc2ccccc2I)c1F. The first-order chi connectivity index (χ1) is 9.63. The quantitative estimate of drug-likeness (QED) is 0.793. The number of hydrogen-bond donors (Lipinski definition) is 2. The van der Waals surface area contributed by atoms with Gasteiger partial charge in [0.15, 0.2) is 11.6 Å². The fraction of sp³-hybridized carbons (Fsp3) is 0.143. The number of carbonyl (C=O) groups excluding carboxylic acids is 1. The van der Waals surface area contributed by atoms with Crippen molar-refractivity contribution in [1.82, 2.24) is 4.98 Å². The van der Waals surface area contributed by atoms with Gasteiger partial charge in [0, 0.05) is 16.3 Å². The van der Waals surface area contributed by atoms with E-state index in [1.807, 2.05) is 25.1 Å². The summed E-state index contributed by atoms with van der Waals surface area (Å²) in [6.45, 7) is 2.37. The Kier molecular flexibility index (Phi) is 4.89. The summed E-state index contributed by atoms with van der Waals surface area (Å²) in [5, 5.41) is 5.47. The minimum Gasteiger partial charge on any atom is -0.368 e. The van der Waals surface area contributed by atoms with Crippen LogP contribution >= 0.6 is 22.6 Å². The first-order valence-corrected chi connectivity index (χ1v) is 7.15. The van der Waals surface area contributed by atoms with Crippen LogP contribution in [0.2, 0.25) is 0 Å². The molecule has 0 radical (unpaired) electrons. The molecule has 2 N–H and O–H groups in total. The summed E-state index contributed by atoms with van der Waals surface area (Å²) in [7, 11) is 0. The zero-order chi connectivity index (χ0) is 14.5. The lowest BCUT2D eigenvalue weighted by molar-refractivity contribution is 0.102. The highest BCUT2D eigenvalue weighted by molar-refractivity contribution is 14.1. The summed E-state index contributed by atoms with van der Waals surface area (Å²) in [6.07, 6.45) is 1.41. The first-order valence-electron chi connectivity index (χ1n) is 6.07. The molecule has 1 aromatic heterocycles. The second-order valence-electron chi connectivity index (χ2n) is 3.99. The summed E-state index contributed by atoms with van der Waals surface area (Å²) in [5.41, 5.74) is 0.620. The van der Waals surface area contributed by atoms with E-state index >= 15 is 0 Å². The van der Waals surface area contributed by atoms with Crippen LogP contribution in [-0.4, -0.2) is 17.4 Å². The first kappa shape index (κ1) is 14.7. The minimum absolute atomic E-state index is 0.0318. The number of halogens is 2. The van der Waals surface area contributed by atoms with Gasteiger partial charge in [0.2, 0.25) is 0 Å². The molecular weight excluding hydrogens is 372 g/mol. The van der Waals surface area contributed by atoms with Crippen LogP contribution in [-0.2, 0) is 0 Å². The maximum atomic E-state index is 14.1. The van der Waals surface area contributed by atoms with Gasteiger partial charge in [0.1, 0.15) is 0 Å². The average Bonchev–Trinajstić information content (AvgIpc) is 2.44. The van der Waals surface area contributed by atoms with Gasteiger partial charge in [-0.15, -0.1) is 0 Å². The van der Waals surface area contributed by atoms with E-state index in [-0.39, 0.29) is 11.4 Å². The summed E-state index contributed by atoms with van der Waals surface area (Å²) in [4.78, 5) is 16.0. The van der Waals surface area contributed by atoms with Crippen LogP contribution in [0, 0.1) is 9.39 Å². The van der Waals surface area contributed by atoms with Crippen molar-refractivity contribution < 1.29 is 9.18 Å². The number of anilines is 2. The van der Waals surface area contributed by atoms with E-state index in [2.05, 4.69) is 38.2 Å². The normalized spacial score (nSPS) is 10.2. The lowest BCUT2D eigenvalue weighted by Crippen LogP contribution is -2.16. The van der Waals surface area contributed by atoms with Crippen molar-refractivity contribution in [3.8, 4) is 0 Å². The molecule has 0 aliphatic heterocycles. The molecule has 0 fully saturated rings. The van der Waals surface area contributed by atoms with Gasteiger partial charge in [0.25, 0.3) is 5.91 Å². The summed E-state index contributed by atoms with van der Waals surface area (Å²) in [6, 6.07) is 8.67. The van der Waals surface area contributed by atoms with E-state index in [1.165, 1.54) is 12.3 Å². The summed E-state index contributed by atoms with van der Waals surface area (Å²) >= 11 is 2.11. The Bertz CT molecular complexity index is 634. The third-order valence-corrected chi connectivity index (χ3v) is 3.54. The third kappa shape index (κ3) is 3.24. The molecule has 0 spiro atoms. The minimum atomic E-state index is -0.641. The number of nitrogens with zero attached hydrogens (tertiary/aromatic N) is 1. The smallest absolute Gasteiger partial charge is 0.258 e. The number of pyridine rings is 1. The molecule has 0 saturated heterocycles. The molecular formula is C14H13FIN3O. The van der Waals surface area contributed by atoms with Crippen LogP contribution in [0.5, 0.6) is 0 Å². The van der Waals surface area contributed by atoms with Crippen molar-refractivity contribution in [2.24, 2.45) is 0 Å². The summed E-state index contributed by atoms with van der Waals surface area (Å²) < 4.78 is 15.0. The Hall–Kier alpha value is -1.70. The van der Waals surface area contributed by atoms with E-state index in [4.69, 9.17) is 0 Å². The second-order valence-corrected chi connectivity index (χ2v) is 5.15. The van der Waals surface area contributed by atoms with Crippen LogP contribution in [0.15, 0.2) is 36.5 Å². The molecule has 1 amide bonds. The van der Waals surface area contributed by atoms with E-state index in [1.54, 1.807) is 6.07 Å². The molecule has 104 valence electrons. The molecule has 4 nitrogen and oxygen atoms in total. The standard InChI is InChI=1S/C14H13FIN3O/c1-2-17-13-12(15)9(7-8-18-13)14(20)19-11-6-4-3-5-10(11)16/h3-8H,2H2,1H3,(H,17,18)(H,19,20). The van der Waals surface area contributed by atoms with E-state index in [0.717, 1.165) is 3.57 Å². The van der Waals surface area contributed by atoms with Gasteiger partial charge in [-0.05, 0) is 47.7 Å². The van der Waals surface area contributed by atoms with Crippen molar-refractivity contribution in [2.45, 2.75) is 6.92 Å². The molecule has 2 rings (SSSR count). The van der Waals surface area contributed by atoms with Crippen LogP contribution < -0.4 is 10.6 Å². The van der Waals surface area contributed by atoms with Gasteiger partial charge in [0.05, 0.1) is 11.3 Å². The highest BCUT2D eigenvalue weighted by Gasteiger charge is 2.16. The number of rotatable bonds is 4. The van der Waals surface area contributed by atoms with Crippen LogP contribution in [0.25, 0.3) is 0 Å². The Balaban J connectivity index is 2.26. The Labute approximate surface area is 129 Å². The predicted molar refractivity (Wildman–Crippen MR) is 85.5 cm³/mol. The number of para-hydroxylation sites is 1. The zero-order valence-corrected chi connectivity index (χ0v) is 12.9. The molecule has 0 unspecified atom stereocenters. The monoisotopic (exact) mass is 385 g/mol. The molecule has 6 heteroatoms. The van der Waals surface area contributed by atoms with E-state index < -0.39 is 11.7 Å². The zero-order valence-electron chi connectivity index (χ0n) is 10.8. The van der Waals surface area contributed by atoms with Crippen LogP contribution in [0.3, 0.4) is 0 Å². The topological polar surface area (TPSA) is 54.0 Å². The highest BCUT2D eigenvalue weighted by Crippen LogP contribution is 2.20. The van der Waals surface area contributed by atoms with E-state index in [0.29, 0.717) is 12.2 Å². The van der Waals surface area contributed by atoms with Gasteiger partial charge >= 0.3 is 0 Å². The van der Waals surface area contributed by atoms with Gasteiger partial charge in [-0.25, -0.2) is 9.37 Å². The molecule has 1 heterocycles. The molecule has 2 aromatic rings. The van der Waals surface area contributed by atoms with Gasteiger partial charge in [-0.1, -0.05) is 12.1 Å². The predicted octanol–water partition coefficient (Wildman–Crippen LogP) is 3.51. The van der Waals surface area contributed by atoms with Crippen LogP contribution in [0.1, 0.15) is 17.3 Å². The molecule has 20 heavy (non-hydrogen) atoms. The number of benzene rings is 1. The molecule has 1 aromatic carbocycles. The third-order valence-electron chi connectivity index (χ3n) is 2.60. The molecule has 0 atom stereocenters. The maximum absolute atomic E-state index is 14.1. The highest BCUT2D eigenvalue weighted by atomic mass is 127. The van der Waals surface area contributed by atoms with E-state index in [9.17, 15) is 9.18 Å². The van der Waals surface area contributed by atoms with Gasteiger partial charge < -0.3 is 10.6 Å². The number of amides is 1. The molecule has 0 saturated carbocycles. The van der Waals surface area contributed by atoms with Crippen molar-refractivity contribution in [2.75, 3.05) is 17.2 Å². The van der Waals surface area contributed by atoms with Crippen molar-refractivity contribution in [3.63, 3.8) is 0 Å². The maximum Gasteiger partial charge on any atom is 0.258 e. The van der Waals surface area contributed by atoms with Crippen molar-refractivity contribution >= 4 is 40.0 Å². The summed E-state index contributed by atoms with van der Waals surface area (Å²) in [5.74, 6) is -1.05. The Morgan fingerprint density at radius 3 is 2.80 bits per heavy atom. The number of nitrogens with one attached hydrogen (secondary N) is 2. The number of aromatic nitrogens is 1. The van der Waals surface area contributed by atoms with Gasteiger partial charge in [-0.2, -0.15) is 0 Å². The second kappa shape index (κ2) is 6.65. The van der Waals surface area contributed by atoms with Gasteiger partial charge in [-0.3, -0.25) is 4.79 Å². The molecule has 0 bridgehead atoms. The Morgan fingerprint density at radius 2 is 2.10 bits per heavy atom. The number of carbonyl (C=O) groups is 1. The lowest BCUT2D eigenvalue weighted by atomic mass is 10.2. The van der Waals surface area contributed by atoms with Crippen molar-refractivity contribution in [3.05, 3.63) is 51.5 Å². The van der Waals surface area contributed by atoms with Crippen LogP contribution in [0.4, 0.5) is 15.9 Å². The largest absolute Gasteiger partial charge is 0.368 e. The molecule has 0 aliphatic carbocycles. The molecule has 0 aliphatic rings. The fourth-order valence-corrected chi connectivity index (χ4v) is 2.18. The fourth-order valence-electron chi connectivity index (χ4n) is 1.66. The Morgan fingerprint density at radius 1 is 1.35 bits per heavy atom. The lowest BCUT2D eigenvalue weighted by Gasteiger charge is -2.10.